The molecule has 1 aromatic heterocycles. The molecule has 0 unspecified atom stereocenters. The van der Waals surface area contributed by atoms with E-state index in [0.29, 0.717) is 5.15 Å². The second kappa shape index (κ2) is 4.33. The van der Waals surface area contributed by atoms with Gasteiger partial charge >= 0.3 is 0 Å². The Morgan fingerprint density at radius 3 is 2.67 bits per heavy atom. The predicted molar refractivity (Wildman–Crippen MR) is 59.1 cm³/mol. The Morgan fingerprint density at radius 1 is 1.33 bits per heavy atom. The molecule has 2 rings (SSSR count). The van der Waals surface area contributed by atoms with E-state index in [9.17, 15) is 0 Å². The van der Waals surface area contributed by atoms with Gasteiger partial charge in [-0.2, -0.15) is 0 Å². The van der Waals surface area contributed by atoms with Crippen molar-refractivity contribution in [3.8, 4) is 0 Å². The molecule has 0 spiro atoms. The second-order valence-corrected chi connectivity index (χ2v) is 4.43. The minimum absolute atomic E-state index is 0.0563. The monoisotopic (exact) mass is 227 g/mol. The molecule has 5 heteroatoms. The van der Waals surface area contributed by atoms with E-state index in [1.807, 2.05) is 6.07 Å². The molecule has 82 valence electrons. The zero-order valence-corrected chi connectivity index (χ0v) is 9.42. The van der Waals surface area contributed by atoms with Gasteiger partial charge in [0.05, 0.1) is 0 Å². The molecule has 2 heterocycles. The van der Waals surface area contributed by atoms with Crippen LogP contribution in [0.2, 0.25) is 5.15 Å². The number of hydrogen-bond donors (Lipinski definition) is 1. The van der Waals surface area contributed by atoms with Gasteiger partial charge in [-0.1, -0.05) is 11.6 Å². The Balaban J connectivity index is 2.03. The Labute approximate surface area is 94.0 Å². The van der Waals surface area contributed by atoms with Crippen LogP contribution in [-0.2, 0) is 4.74 Å². The van der Waals surface area contributed by atoms with E-state index in [1.54, 1.807) is 6.07 Å². The molecule has 0 radical (unpaired) electrons. The molecule has 1 aromatic rings. The van der Waals surface area contributed by atoms with Gasteiger partial charge in [0.1, 0.15) is 5.82 Å². The summed E-state index contributed by atoms with van der Waals surface area (Å²) in [5.74, 6) is 0.767. The van der Waals surface area contributed by atoms with Gasteiger partial charge in [-0.05, 0) is 31.9 Å². The normalized spacial score (nSPS) is 19.9. The summed E-state index contributed by atoms with van der Waals surface area (Å²) in [4.78, 5) is 0. The van der Waals surface area contributed by atoms with Crippen LogP contribution in [0.5, 0.6) is 0 Å². The van der Waals surface area contributed by atoms with Crippen molar-refractivity contribution in [1.29, 1.82) is 0 Å². The van der Waals surface area contributed by atoms with Crippen molar-refractivity contribution in [2.45, 2.75) is 25.3 Å². The molecule has 1 aliphatic heterocycles. The minimum atomic E-state index is 0.0563. The lowest BCUT2D eigenvalue weighted by Gasteiger charge is -2.34. The lowest BCUT2D eigenvalue weighted by Crippen LogP contribution is -2.40. The number of hydrogen-bond acceptors (Lipinski definition) is 4. The van der Waals surface area contributed by atoms with E-state index in [0.717, 1.165) is 31.9 Å². The smallest absolute Gasteiger partial charge is 0.151 e. The summed E-state index contributed by atoms with van der Waals surface area (Å²) >= 11 is 5.67. The first-order chi connectivity index (χ1) is 7.18. The standard InChI is InChI=1S/C10H14ClN3O/c1-10(4-6-15-7-5-10)12-9-3-2-8(11)13-14-9/h2-3H,4-7H2,1H3,(H,12,14). The summed E-state index contributed by atoms with van der Waals surface area (Å²) in [6, 6.07) is 3.58. The van der Waals surface area contributed by atoms with E-state index < -0.39 is 0 Å². The van der Waals surface area contributed by atoms with Gasteiger partial charge in [0, 0.05) is 18.8 Å². The highest BCUT2D eigenvalue weighted by Crippen LogP contribution is 2.24. The Bertz CT molecular complexity index is 322. The number of nitrogens with zero attached hydrogens (tertiary/aromatic N) is 2. The molecule has 0 bridgehead atoms. The van der Waals surface area contributed by atoms with E-state index in [1.165, 1.54) is 0 Å². The third-order valence-corrected chi connectivity index (χ3v) is 2.86. The van der Waals surface area contributed by atoms with E-state index in [4.69, 9.17) is 16.3 Å². The van der Waals surface area contributed by atoms with E-state index in [-0.39, 0.29) is 5.54 Å². The van der Waals surface area contributed by atoms with Crippen LogP contribution >= 0.6 is 11.6 Å². The largest absolute Gasteiger partial charge is 0.381 e. The molecule has 0 aliphatic carbocycles. The van der Waals surface area contributed by atoms with Crippen molar-refractivity contribution < 1.29 is 4.74 Å². The maximum Gasteiger partial charge on any atom is 0.151 e. The zero-order chi connectivity index (χ0) is 10.7. The van der Waals surface area contributed by atoms with Gasteiger partial charge in [0.2, 0.25) is 0 Å². The SMILES string of the molecule is CC1(Nc2ccc(Cl)nn2)CCOCC1. The summed E-state index contributed by atoms with van der Waals surface area (Å²) < 4.78 is 5.32. The first-order valence-corrected chi connectivity index (χ1v) is 5.41. The number of ether oxygens (including phenoxy) is 1. The van der Waals surface area contributed by atoms with Crippen molar-refractivity contribution in [1.82, 2.24) is 10.2 Å². The van der Waals surface area contributed by atoms with Gasteiger partial charge in [0.25, 0.3) is 0 Å². The topological polar surface area (TPSA) is 47.0 Å². The van der Waals surface area contributed by atoms with Gasteiger partial charge in [0.15, 0.2) is 5.15 Å². The van der Waals surface area contributed by atoms with Gasteiger partial charge in [-0.15, -0.1) is 10.2 Å². The lowest BCUT2D eigenvalue weighted by atomic mass is 9.92. The Morgan fingerprint density at radius 2 is 2.07 bits per heavy atom. The highest BCUT2D eigenvalue weighted by Gasteiger charge is 2.27. The molecule has 0 amide bonds. The van der Waals surface area contributed by atoms with Gasteiger partial charge < -0.3 is 10.1 Å². The summed E-state index contributed by atoms with van der Waals surface area (Å²) in [6.07, 6.45) is 1.97. The first-order valence-electron chi connectivity index (χ1n) is 5.03. The van der Waals surface area contributed by atoms with Crippen molar-refractivity contribution in [2.75, 3.05) is 18.5 Å². The summed E-state index contributed by atoms with van der Waals surface area (Å²) in [6.45, 7) is 3.76. The molecule has 0 aromatic carbocycles. The fourth-order valence-corrected chi connectivity index (χ4v) is 1.74. The lowest BCUT2D eigenvalue weighted by molar-refractivity contribution is 0.0657. The fourth-order valence-electron chi connectivity index (χ4n) is 1.64. The number of nitrogens with one attached hydrogen (secondary N) is 1. The molecule has 15 heavy (non-hydrogen) atoms. The number of anilines is 1. The van der Waals surface area contributed by atoms with E-state index >= 15 is 0 Å². The second-order valence-electron chi connectivity index (χ2n) is 4.04. The molecule has 0 saturated carbocycles. The van der Waals surface area contributed by atoms with Crippen LogP contribution in [0.4, 0.5) is 5.82 Å². The third-order valence-electron chi connectivity index (χ3n) is 2.66. The zero-order valence-electron chi connectivity index (χ0n) is 8.66. The van der Waals surface area contributed by atoms with Gasteiger partial charge in [-0.3, -0.25) is 0 Å². The average Bonchev–Trinajstić information content (AvgIpc) is 2.22. The summed E-state index contributed by atoms with van der Waals surface area (Å²) in [5, 5.41) is 11.6. The van der Waals surface area contributed by atoms with Crippen LogP contribution in [0.25, 0.3) is 0 Å². The highest BCUT2D eigenvalue weighted by atomic mass is 35.5. The van der Waals surface area contributed by atoms with Crippen LogP contribution in [0.3, 0.4) is 0 Å². The minimum Gasteiger partial charge on any atom is -0.381 e. The van der Waals surface area contributed by atoms with Crippen molar-refractivity contribution in [2.24, 2.45) is 0 Å². The van der Waals surface area contributed by atoms with Gasteiger partial charge in [-0.25, -0.2) is 0 Å². The number of aromatic nitrogens is 2. The third kappa shape index (κ3) is 2.79. The quantitative estimate of drug-likeness (QED) is 0.841. The first kappa shape index (κ1) is 10.6. The van der Waals surface area contributed by atoms with Crippen LogP contribution in [0.15, 0.2) is 12.1 Å². The molecular weight excluding hydrogens is 214 g/mol. The molecule has 1 saturated heterocycles. The average molecular weight is 228 g/mol. The Kier molecular flexibility index (Phi) is 3.07. The van der Waals surface area contributed by atoms with Crippen molar-refractivity contribution in [3.63, 3.8) is 0 Å². The van der Waals surface area contributed by atoms with Crippen LogP contribution in [0.1, 0.15) is 19.8 Å². The summed E-state index contributed by atoms with van der Waals surface area (Å²) in [7, 11) is 0. The summed E-state index contributed by atoms with van der Waals surface area (Å²) in [5.41, 5.74) is 0.0563. The molecule has 4 nitrogen and oxygen atoms in total. The molecule has 0 atom stereocenters. The Hall–Kier alpha value is -0.870. The highest BCUT2D eigenvalue weighted by molar-refractivity contribution is 6.29. The van der Waals surface area contributed by atoms with Crippen molar-refractivity contribution >= 4 is 17.4 Å². The molecule has 1 N–H and O–H groups in total. The van der Waals surface area contributed by atoms with Crippen LogP contribution < -0.4 is 5.32 Å². The maximum absolute atomic E-state index is 5.67. The molecule has 1 aliphatic rings. The predicted octanol–water partition coefficient (Wildman–Crippen LogP) is 2.11. The van der Waals surface area contributed by atoms with E-state index in [2.05, 4.69) is 22.4 Å². The molecule has 1 fully saturated rings. The fraction of sp³-hybridized carbons (Fsp3) is 0.600. The number of rotatable bonds is 2. The maximum atomic E-state index is 5.67. The number of halogens is 1. The van der Waals surface area contributed by atoms with Crippen LogP contribution in [0, 0.1) is 0 Å². The van der Waals surface area contributed by atoms with Crippen molar-refractivity contribution in [3.05, 3.63) is 17.3 Å². The van der Waals surface area contributed by atoms with Crippen LogP contribution in [-0.4, -0.2) is 29.0 Å². The molecular formula is C10H14ClN3O.